The Morgan fingerprint density at radius 1 is 1.47 bits per heavy atom. The number of benzene rings is 1. The molecular formula is C11H18N4OS. The van der Waals surface area contributed by atoms with Crippen LogP contribution in [-0.4, -0.2) is 32.5 Å². The fourth-order valence-corrected chi connectivity index (χ4v) is 1.80. The summed E-state index contributed by atoms with van der Waals surface area (Å²) < 4.78 is 4.92. The van der Waals surface area contributed by atoms with Crippen LogP contribution in [0.2, 0.25) is 0 Å². The summed E-state index contributed by atoms with van der Waals surface area (Å²) in [5.74, 6) is 5.93. The van der Waals surface area contributed by atoms with Crippen molar-refractivity contribution in [2.24, 2.45) is 10.8 Å². The van der Waals surface area contributed by atoms with Gasteiger partial charge >= 0.3 is 0 Å². The summed E-state index contributed by atoms with van der Waals surface area (Å²) in [4.78, 5) is 5.38. The van der Waals surface area contributed by atoms with Crippen LogP contribution in [0.4, 0.5) is 5.69 Å². The maximum atomic E-state index is 5.40. The number of ether oxygens (including phenoxy) is 1. The Morgan fingerprint density at radius 2 is 2.24 bits per heavy atom. The summed E-state index contributed by atoms with van der Waals surface area (Å²) in [5.41, 5.74) is 3.52. The maximum Gasteiger partial charge on any atom is 0.210 e. The molecule has 0 bridgehead atoms. The summed E-state index contributed by atoms with van der Waals surface area (Å²) in [5, 5.41) is 3.14. The molecule has 94 valence electrons. The molecule has 1 aromatic rings. The second kappa shape index (κ2) is 7.94. The molecule has 0 heterocycles. The van der Waals surface area contributed by atoms with E-state index in [1.807, 2.05) is 30.5 Å². The molecule has 0 radical (unpaired) electrons. The minimum absolute atomic E-state index is 0.531. The largest absolute Gasteiger partial charge is 0.383 e. The van der Waals surface area contributed by atoms with Crippen LogP contribution in [0.1, 0.15) is 0 Å². The highest BCUT2D eigenvalue weighted by molar-refractivity contribution is 7.98. The summed E-state index contributed by atoms with van der Waals surface area (Å²) in [7, 11) is 1.64. The molecule has 1 aromatic carbocycles. The molecule has 0 amide bonds. The zero-order valence-electron chi connectivity index (χ0n) is 10.1. The first-order chi connectivity index (χ1) is 8.31. The molecule has 0 aromatic heterocycles. The topological polar surface area (TPSA) is 71.7 Å². The lowest BCUT2D eigenvalue weighted by atomic mass is 10.3. The van der Waals surface area contributed by atoms with E-state index in [0.29, 0.717) is 19.1 Å². The molecule has 0 fully saturated rings. The van der Waals surface area contributed by atoms with Crippen molar-refractivity contribution in [1.82, 2.24) is 5.43 Å². The van der Waals surface area contributed by atoms with Crippen molar-refractivity contribution in [3.8, 4) is 0 Å². The summed E-state index contributed by atoms with van der Waals surface area (Å²) in [6.45, 7) is 1.13. The van der Waals surface area contributed by atoms with Gasteiger partial charge < -0.3 is 10.1 Å². The Kier molecular flexibility index (Phi) is 6.46. The van der Waals surface area contributed by atoms with E-state index in [1.165, 1.54) is 0 Å². The smallest absolute Gasteiger partial charge is 0.210 e. The summed E-state index contributed by atoms with van der Waals surface area (Å²) in [6.07, 6.45) is 2.03. The van der Waals surface area contributed by atoms with Gasteiger partial charge in [0.15, 0.2) is 0 Å². The Morgan fingerprint density at radius 3 is 2.88 bits per heavy atom. The van der Waals surface area contributed by atoms with Crippen molar-refractivity contribution in [1.29, 1.82) is 0 Å². The molecule has 0 unspecified atom stereocenters. The van der Waals surface area contributed by atoms with Crippen LogP contribution in [-0.2, 0) is 4.74 Å². The van der Waals surface area contributed by atoms with Crippen LogP contribution in [0.3, 0.4) is 0 Å². The number of rotatable bonds is 5. The normalized spacial score (nSPS) is 11.4. The molecule has 0 aliphatic heterocycles. The molecule has 5 nitrogen and oxygen atoms in total. The first-order valence-electron chi connectivity index (χ1n) is 5.22. The third-order valence-electron chi connectivity index (χ3n) is 2.06. The average molecular weight is 254 g/mol. The van der Waals surface area contributed by atoms with Gasteiger partial charge in [0, 0.05) is 12.0 Å². The molecule has 1 rings (SSSR count). The predicted octanol–water partition coefficient (Wildman–Crippen LogP) is 1.29. The Hall–Kier alpha value is -1.24. The lowest BCUT2D eigenvalue weighted by Gasteiger charge is -2.12. The number of hydrogen-bond donors (Lipinski definition) is 3. The van der Waals surface area contributed by atoms with Crippen molar-refractivity contribution in [2.45, 2.75) is 4.90 Å². The highest BCUT2D eigenvalue weighted by atomic mass is 32.2. The highest BCUT2D eigenvalue weighted by Gasteiger charge is 2.02. The number of thioether (sulfide) groups is 1. The van der Waals surface area contributed by atoms with Crippen molar-refractivity contribution < 1.29 is 4.74 Å². The summed E-state index contributed by atoms with van der Waals surface area (Å²) >= 11 is 1.67. The number of nitrogens with zero attached hydrogens (tertiary/aromatic N) is 1. The number of nitrogens with two attached hydrogens (primary N) is 1. The van der Waals surface area contributed by atoms with Crippen LogP contribution in [0.15, 0.2) is 34.2 Å². The van der Waals surface area contributed by atoms with Gasteiger partial charge in [-0.25, -0.2) is 10.8 Å². The first kappa shape index (κ1) is 13.8. The Bertz CT molecular complexity index is 370. The number of hydrogen-bond acceptors (Lipinski definition) is 4. The quantitative estimate of drug-likeness (QED) is 0.184. The monoisotopic (exact) mass is 254 g/mol. The van der Waals surface area contributed by atoms with E-state index in [9.17, 15) is 0 Å². The van der Waals surface area contributed by atoms with E-state index in [4.69, 9.17) is 10.6 Å². The number of para-hydroxylation sites is 1. The number of hydrazine groups is 1. The lowest BCUT2D eigenvalue weighted by Crippen LogP contribution is -2.36. The molecule has 0 atom stereocenters. The van der Waals surface area contributed by atoms with Crippen molar-refractivity contribution in [3.05, 3.63) is 24.3 Å². The van der Waals surface area contributed by atoms with Gasteiger partial charge in [-0.15, -0.1) is 11.8 Å². The zero-order chi connectivity index (χ0) is 12.5. The number of anilines is 1. The van der Waals surface area contributed by atoms with Crippen molar-refractivity contribution in [2.75, 3.05) is 31.8 Å². The molecule has 17 heavy (non-hydrogen) atoms. The minimum atomic E-state index is 0.531. The Balaban J connectivity index is 2.69. The predicted molar refractivity (Wildman–Crippen MR) is 73.3 cm³/mol. The lowest BCUT2D eigenvalue weighted by molar-refractivity contribution is 0.208. The minimum Gasteiger partial charge on any atom is -0.383 e. The second-order valence-electron chi connectivity index (χ2n) is 3.19. The number of guanidine groups is 1. The fraction of sp³-hybridized carbons (Fsp3) is 0.364. The van der Waals surface area contributed by atoms with Gasteiger partial charge in [-0.3, -0.25) is 5.43 Å². The van der Waals surface area contributed by atoms with Crippen molar-refractivity contribution in [3.63, 3.8) is 0 Å². The number of aliphatic imine (C=N–C) groups is 1. The standard InChI is InChI=1S/C11H18N4OS/c1-16-8-7-13-11(15-12)14-9-5-3-4-6-10(9)17-2/h3-6H,7-8,12H2,1-2H3,(H2,13,14,15). The molecule has 0 spiro atoms. The third kappa shape index (κ3) is 4.64. The third-order valence-corrected chi connectivity index (χ3v) is 2.86. The number of methoxy groups -OCH3 is 1. The van der Waals surface area contributed by atoms with Gasteiger partial charge in [-0.2, -0.15) is 0 Å². The second-order valence-corrected chi connectivity index (χ2v) is 4.04. The molecular weight excluding hydrogens is 236 g/mol. The highest BCUT2D eigenvalue weighted by Crippen LogP contribution is 2.24. The zero-order valence-corrected chi connectivity index (χ0v) is 10.9. The maximum absolute atomic E-state index is 5.40. The fourth-order valence-electron chi connectivity index (χ4n) is 1.25. The molecule has 4 N–H and O–H groups in total. The SMILES string of the molecule is COCCN=C(NN)Nc1ccccc1SC. The van der Waals surface area contributed by atoms with Crippen LogP contribution in [0.25, 0.3) is 0 Å². The average Bonchev–Trinajstić information content (AvgIpc) is 2.38. The van der Waals surface area contributed by atoms with Gasteiger partial charge in [-0.1, -0.05) is 12.1 Å². The van der Waals surface area contributed by atoms with E-state index in [-0.39, 0.29) is 0 Å². The van der Waals surface area contributed by atoms with Gasteiger partial charge in [-0.05, 0) is 18.4 Å². The molecule has 0 saturated heterocycles. The van der Waals surface area contributed by atoms with Crippen LogP contribution in [0.5, 0.6) is 0 Å². The van der Waals surface area contributed by atoms with E-state index < -0.39 is 0 Å². The van der Waals surface area contributed by atoms with Crippen LogP contribution < -0.4 is 16.6 Å². The van der Waals surface area contributed by atoms with Gasteiger partial charge in [0.25, 0.3) is 0 Å². The van der Waals surface area contributed by atoms with E-state index in [1.54, 1.807) is 18.9 Å². The van der Waals surface area contributed by atoms with Gasteiger partial charge in [0.05, 0.1) is 18.8 Å². The van der Waals surface area contributed by atoms with Crippen molar-refractivity contribution >= 4 is 23.4 Å². The van der Waals surface area contributed by atoms with Gasteiger partial charge in [0.2, 0.25) is 5.96 Å². The molecule has 0 aliphatic rings. The number of nitrogens with one attached hydrogen (secondary N) is 2. The first-order valence-corrected chi connectivity index (χ1v) is 6.44. The Labute approximate surface area is 106 Å². The van der Waals surface area contributed by atoms with Crippen LogP contribution in [0, 0.1) is 0 Å². The molecule has 6 heteroatoms. The van der Waals surface area contributed by atoms with E-state index >= 15 is 0 Å². The van der Waals surface area contributed by atoms with Gasteiger partial charge in [0.1, 0.15) is 0 Å². The molecule has 0 saturated carbocycles. The van der Waals surface area contributed by atoms with Crippen LogP contribution >= 0.6 is 11.8 Å². The van der Waals surface area contributed by atoms with E-state index in [2.05, 4.69) is 15.7 Å². The summed E-state index contributed by atoms with van der Waals surface area (Å²) in [6, 6.07) is 7.98. The van der Waals surface area contributed by atoms with E-state index in [0.717, 1.165) is 10.6 Å². The molecule has 0 aliphatic carbocycles.